The maximum absolute atomic E-state index is 5.63. The van der Waals surface area contributed by atoms with Gasteiger partial charge in [0.2, 0.25) is 0 Å². The fraction of sp³-hybridized carbons (Fsp3) is 0.364. The number of ether oxygens (including phenoxy) is 1. The van der Waals surface area contributed by atoms with Gasteiger partial charge in [0, 0.05) is 25.4 Å². The monoisotopic (exact) mass is 234 g/mol. The topological polar surface area (TPSA) is 87.1 Å². The standard InChI is InChI=1S/C11H14N4O2/c1-2-16-4-3-10-14-11(17-15-10)8-5-9(12)7-13-6-8/h5-7H,2-4,12H2,1H3. The molecule has 2 rings (SSSR count). The van der Waals surface area contributed by atoms with Gasteiger partial charge < -0.3 is 15.0 Å². The molecule has 17 heavy (non-hydrogen) atoms. The van der Waals surface area contributed by atoms with Crippen LogP contribution in [0.5, 0.6) is 0 Å². The minimum atomic E-state index is 0.427. The van der Waals surface area contributed by atoms with Crippen molar-refractivity contribution in [2.75, 3.05) is 18.9 Å². The average molecular weight is 234 g/mol. The number of nitrogens with zero attached hydrogens (tertiary/aromatic N) is 3. The minimum absolute atomic E-state index is 0.427. The molecule has 0 aliphatic rings. The van der Waals surface area contributed by atoms with Crippen LogP contribution in [-0.4, -0.2) is 28.3 Å². The Hall–Kier alpha value is -1.95. The molecule has 6 nitrogen and oxygen atoms in total. The normalized spacial score (nSPS) is 10.6. The molecule has 0 unspecified atom stereocenters. The van der Waals surface area contributed by atoms with E-state index < -0.39 is 0 Å². The third-order valence-electron chi connectivity index (χ3n) is 2.15. The number of pyridine rings is 1. The molecule has 0 saturated heterocycles. The van der Waals surface area contributed by atoms with Crippen molar-refractivity contribution in [3.05, 3.63) is 24.3 Å². The van der Waals surface area contributed by atoms with E-state index in [9.17, 15) is 0 Å². The van der Waals surface area contributed by atoms with Crippen LogP contribution in [0.2, 0.25) is 0 Å². The quantitative estimate of drug-likeness (QED) is 0.784. The Bertz CT molecular complexity index is 484. The van der Waals surface area contributed by atoms with Crippen LogP contribution < -0.4 is 5.73 Å². The zero-order valence-corrected chi connectivity index (χ0v) is 9.59. The van der Waals surface area contributed by atoms with Crippen LogP contribution in [0.25, 0.3) is 11.5 Å². The molecule has 0 bridgehead atoms. The molecular formula is C11H14N4O2. The maximum atomic E-state index is 5.63. The van der Waals surface area contributed by atoms with Crippen molar-refractivity contribution < 1.29 is 9.26 Å². The van der Waals surface area contributed by atoms with E-state index in [0.717, 1.165) is 5.56 Å². The van der Waals surface area contributed by atoms with Crippen LogP contribution in [0.15, 0.2) is 23.0 Å². The number of hydrogen-bond acceptors (Lipinski definition) is 6. The zero-order valence-electron chi connectivity index (χ0n) is 9.59. The smallest absolute Gasteiger partial charge is 0.259 e. The van der Waals surface area contributed by atoms with Crippen molar-refractivity contribution in [1.29, 1.82) is 0 Å². The Balaban J connectivity index is 2.07. The molecule has 0 spiro atoms. The van der Waals surface area contributed by atoms with E-state index in [1.165, 1.54) is 0 Å². The lowest BCUT2D eigenvalue weighted by molar-refractivity contribution is 0.149. The number of rotatable bonds is 5. The van der Waals surface area contributed by atoms with Gasteiger partial charge in [-0.05, 0) is 13.0 Å². The number of anilines is 1. The molecule has 0 radical (unpaired) electrons. The molecule has 0 amide bonds. The van der Waals surface area contributed by atoms with Gasteiger partial charge in [-0.3, -0.25) is 4.98 Å². The summed E-state index contributed by atoms with van der Waals surface area (Å²) < 4.78 is 10.3. The van der Waals surface area contributed by atoms with E-state index in [1.807, 2.05) is 6.92 Å². The van der Waals surface area contributed by atoms with E-state index in [4.69, 9.17) is 15.0 Å². The van der Waals surface area contributed by atoms with Gasteiger partial charge in [0.15, 0.2) is 5.82 Å². The van der Waals surface area contributed by atoms with Gasteiger partial charge in [-0.2, -0.15) is 4.98 Å². The van der Waals surface area contributed by atoms with Crippen molar-refractivity contribution in [2.45, 2.75) is 13.3 Å². The van der Waals surface area contributed by atoms with E-state index >= 15 is 0 Å². The third-order valence-corrected chi connectivity index (χ3v) is 2.15. The van der Waals surface area contributed by atoms with E-state index in [0.29, 0.717) is 37.0 Å². The number of aromatic nitrogens is 3. The molecule has 0 saturated carbocycles. The summed E-state index contributed by atoms with van der Waals surface area (Å²) >= 11 is 0. The Morgan fingerprint density at radius 3 is 3.06 bits per heavy atom. The summed E-state index contributed by atoms with van der Waals surface area (Å²) in [5.74, 6) is 1.05. The van der Waals surface area contributed by atoms with Crippen molar-refractivity contribution in [3.63, 3.8) is 0 Å². The average Bonchev–Trinajstić information content (AvgIpc) is 2.78. The van der Waals surface area contributed by atoms with Gasteiger partial charge in [-0.25, -0.2) is 0 Å². The second-order valence-corrected chi connectivity index (χ2v) is 3.47. The van der Waals surface area contributed by atoms with Crippen LogP contribution in [0.1, 0.15) is 12.7 Å². The van der Waals surface area contributed by atoms with Gasteiger partial charge in [-0.1, -0.05) is 5.16 Å². The highest BCUT2D eigenvalue weighted by atomic mass is 16.5. The molecule has 2 aromatic heterocycles. The lowest BCUT2D eigenvalue weighted by Gasteiger charge is -1.95. The zero-order chi connectivity index (χ0) is 12.1. The summed E-state index contributed by atoms with van der Waals surface area (Å²) in [6, 6.07) is 1.74. The Morgan fingerprint density at radius 1 is 1.41 bits per heavy atom. The summed E-state index contributed by atoms with van der Waals surface area (Å²) in [4.78, 5) is 8.21. The second-order valence-electron chi connectivity index (χ2n) is 3.47. The maximum Gasteiger partial charge on any atom is 0.259 e. The molecular weight excluding hydrogens is 220 g/mol. The van der Waals surface area contributed by atoms with Gasteiger partial charge in [0.25, 0.3) is 5.89 Å². The molecule has 0 atom stereocenters. The van der Waals surface area contributed by atoms with Gasteiger partial charge in [-0.15, -0.1) is 0 Å². The van der Waals surface area contributed by atoms with Crippen LogP contribution >= 0.6 is 0 Å². The summed E-state index contributed by atoms with van der Waals surface area (Å²) in [7, 11) is 0. The Morgan fingerprint density at radius 2 is 2.29 bits per heavy atom. The first-order chi connectivity index (χ1) is 8.29. The fourth-order valence-electron chi connectivity index (χ4n) is 1.36. The van der Waals surface area contributed by atoms with Crippen molar-refractivity contribution >= 4 is 5.69 Å². The fourth-order valence-corrected chi connectivity index (χ4v) is 1.36. The lowest BCUT2D eigenvalue weighted by atomic mass is 10.2. The van der Waals surface area contributed by atoms with Crippen LogP contribution in [0.4, 0.5) is 5.69 Å². The Labute approximate surface area is 98.8 Å². The molecule has 0 aromatic carbocycles. The summed E-state index contributed by atoms with van der Waals surface area (Å²) in [5, 5.41) is 3.86. The summed E-state index contributed by atoms with van der Waals surface area (Å²) in [5.41, 5.74) is 6.92. The van der Waals surface area contributed by atoms with Gasteiger partial charge in [0.1, 0.15) is 0 Å². The first kappa shape index (κ1) is 11.5. The third kappa shape index (κ3) is 3.01. The number of nitrogen functional groups attached to an aromatic ring is 1. The van der Waals surface area contributed by atoms with Crippen molar-refractivity contribution in [2.24, 2.45) is 0 Å². The van der Waals surface area contributed by atoms with Crippen molar-refractivity contribution in [1.82, 2.24) is 15.1 Å². The Kier molecular flexibility index (Phi) is 3.66. The van der Waals surface area contributed by atoms with Gasteiger partial charge in [0.05, 0.1) is 17.9 Å². The highest BCUT2D eigenvalue weighted by molar-refractivity contribution is 5.57. The first-order valence-corrected chi connectivity index (χ1v) is 5.41. The predicted molar refractivity (Wildman–Crippen MR) is 62.1 cm³/mol. The van der Waals surface area contributed by atoms with Gasteiger partial charge >= 0.3 is 0 Å². The van der Waals surface area contributed by atoms with Crippen LogP contribution in [0, 0.1) is 0 Å². The summed E-state index contributed by atoms with van der Waals surface area (Å²) in [6.45, 7) is 3.22. The molecule has 90 valence electrons. The molecule has 0 aliphatic carbocycles. The van der Waals surface area contributed by atoms with E-state index in [2.05, 4.69) is 15.1 Å². The summed E-state index contributed by atoms with van der Waals surface area (Å²) in [6.07, 6.45) is 3.83. The molecule has 0 fully saturated rings. The van der Waals surface area contributed by atoms with Crippen LogP contribution in [-0.2, 0) is 11.2 Å². The molecule has 2 aromatic rings. The van der Waals surface area contributed by atoms with Crippen LogP contribution in [0.3, 0.4) is 0 Å². The molecule has 6 heteroatoms. The first-order valence-electron chi connectivity index (χ1n) is 5.41. The SMILES string of the molecule is CCOCCc1noc(-c2cncc(N)c2)n1. The molecule has 0 aliphatic heterocycles. The lowest BCUT2D eigenvalue weighted by Crippen LogP contribution is -1.99. The number of nitrogens with two attached hydrogens (primary N) is 1. The molecule has 2 N–H and O–H groups in total. The van der Waals surface area contributed by atoms with Crippen molar-refractivity contribution in [3.8, 4) is 11.5 Å². The number of hydrogen-bond donors (Lipinski definition) is 1. The predicted octanol–water partition coefficient (Wildman–Crippen LogP) is 1.29. The largest absolute Gasteiger partial charge is 0.397 e. The van der Waals surface area contributed by atoms with E-state index in [-0.39, 0.29) is 0 Å². The highest BCUT2D eigenvalue weighted by Gasteiger charge is 2.09. The minimum Gasteiger partial charge on any atom is -0.397 e. The highest BCUT2D eigenvalue weighted by Crippen LogP contribution is 2.17. The molecule has 2 heterocycles. The van der Waals surface area contributed by atoms with E-state index in [1.54, 1.807) is 18.5 Å². The second kappa shape index (κ2) is 5.40.